The number of amides is 2. The second kappa shape index (κ2) is 5.68. The third-order valence-corrected chi connectivity index (χ3v) is 3.11. The number of nitrogens with one attached hydrogen (secondary N) is 2. The van der Waals surface area contributed by atoms with Gasteiger partial charge in [-0.2, -0.15) is 0 Å². The highest BCUT2D eigenvalue weighted by Gasteiger charge is 2.33. The summed E-state index contributed by atoms with van der Waals surface area (Å²) in [5, 5.41) is 21.7. The molecule has 3 N–H and O–H groups in total. The summed E-state index contributed by atoms with van der Waals surface area (Å²) in [4.78, 5) is 22.4. The molecule has 1 atom stereocenters. The molecule has 0 aliphatic heterocycles. The van der Waals surface area contributed by atoms with Gasteiger partial charge in [-0.25, -0.2) is 4.79 Å². The Morgan fingerprint density at radius 2 is 2.32 bits per heavy atom. The van der Waals surface area contributed by atoms with Gasteiger partial charge in [0.2, 0.25) is 0 Å². The first-order chi connectivity index (χ1) is 9.06. The molecule has 1 saturated carbocycles. The minimum absolute atomic E-state index is 0.0396. The number of nitrogens with zero attached hydrogens (tertiary/aromatic N) is 3. The van der Waals surface area contributed by atoms with Gasteiger partial charge in [-0.3, -0.25) is 4.79 Å². The van der Waals surface area contributed by atoms with Gasteiger partial charge in [-0.15, -0.1) is 10.2 Å². The number of aromatic nitrogens is 3. The van der Waals surface area contributed by atoms with Crippen LogP contribution in [-0.2, 0) is 18.4 Å². The molecule has 8 heteroatoms. The summed E-state index contributed by atoms with van der Waals surface area (Å²) in [6, 6.07) is -0.668. The van der Waals surface area contributed by atoms with Crippen LogP contribution in [-0.4, -0.2) is 37.9 Å². The molecule has 2 rings (SSSR count). The van der Waals surface area contributed by atoms with E-state index < -0.39 is 5.97 Å². The first kappa shape index (κ1) is 13.3. The van der Waals surface area contributed by atoms with Crippen molar-refractivity contribution in [2.24, 2.45) is 13.0 Å². The number of carboxylic acid groups (broad SMARTS) is 1. The van der Waals surface area contributed by atoms with Crippen LogP contribution < -0.4 is 10.6 Å². The average molecular weight is 267 g/mol. The minimum Gasteiger partial charge on any atom is -0.481 e. The zero-order valence-corrected chi connectivity index (χ0v) is 10.7. The van der Waals surface area contributed by atoms with E-state index in [-0.39, 0.29) is 31.0 Å². The number of hydrogen-bond acceptors (Lipinski definition) is 4. The van der Waals surface area contributed by atoms with Gasteiger partial charge in [0, 0.05) is 13.1 Å². The molecule has 1 aromatic rings. The summed E-state index contributed by atoms with van der Waals surface area (Å²) in [6.07, 6.45) is 3.46. The van der Waals surface area contributed by atoms with Gasteiger partial charge in [-0.1, -0.05) is 0 Å². The topological polar surface area (TPSA) is 109 Å². The predicted molar refractivity (Wildman–Crippen MR) is 65.1 cm³/mol. The summed E-state index contributed by atoms with van der Waals surface area (Å²) in [6.45, 7) is 0.257. The van der Waals surface area contributed by atoms with Crippen molar-refractivity contribution >= 4 is 12.0 Å². The molecule has 104 valence electrons. The molecular formula is C11H17N5O3. The maximum absolute atomic E-state index is 11.7. The van der Waals surface area contributed by atoms with Crippen LogP contribution in [0.3, 0.4) is 0 Å². The Balaban J connectivity index is 1.79. The number of aliphatic carboxylic acids is 1. The van der Waals surface area contributed by atoms with Crippen molar-refractivity contribution in [2.75, 3.05) is 0 Å². The van der Waals surface area contributed by atoms with Crippen molar-refractivity contribution in [3.8, 4) is 0 Å². The summed E-state index contributed by atoms with van der Waals surface area (Å²) >= 11 is 0. The van der Waals surface area contributed by atoms with E-state index in [0.29, 0.717) is 5.82 Å². The number of carboxylic acids is 1. The molecule has 1 unspecified atom stereocenters. The number of hydrogen-bond donors (Lipinski definition) is 3. The normalized spacial score (nSPS) is 15.8. The van der Waals surface area contributed by atoms with Crippen LogP contribution in [0.25, 0.3) is 0 Å². The highest BCUT2D eigenvalue weighted by Crippen LogP contribution is 2.33. The molecular weight excluding hydrogens is 250 g/mol. The molecule has 1 fully saturated rings. The third kappa shape index (κ3) is 3.94. The van der Waals surface area contributed by atoms with Crippen LogP contribution in [0.5, 0.6) is 0 Å². The zero-order chi connectivity index (χ0) is 13.8. The van der Waals surface area contributed by atoms with Crippen LogP contribution in [0.15, 0.2) is 6.33 Å². The van der Waals surface area contributed by atoms with Crippen molar-refractivity contribution in [2.45, 2.75) is 31.8 Å². The number of urea groups is 1. The Morgan fingerprint density at radius 3 is 2.84 bits per heavy atom. The Bertz CT molecular complexity index is 469. The molecule has 0 bridgehead atoms. The molecule has 0 aromatic carbocycles. The van der Waals surface area contributed by atoms with Crippen LogP contribution >= 0.6 is 0 Å². The third-order valence-electron chi connectivity index (χ3n) is 3.11. The minimum atomic E-state index is -0.898. The van der Waals surface area contributed by atoms with E-state index in [2.05, 4.69) is 20.8 Å². The molecule has 8 nitrogen and oxygen atoms in total. The van der Waals surface area contributed by atoms with Gasteiger partial charge < -0.3 is 20.3 Å². The van der Waals surface area contributed by atoms with Crippen LogP contribution in [0.2, 0.25) is 0 Å². The van der Waals surface area contributed by atoms with Gasteiger partial charge in [0.25, 0.3) is 0 Å². The highest BCUT2D eigenvalue weighted by molar-refractivity contribution is 5.75. The van der Waals surface area contributed by atoms with Gasteiger partial charge in [0.15, 0.2) is 5.82 Å². The highest BCUT2D eigenvalue weighted by atomic mass is 16.4. The molecule has 1 heterocycles. The van der Waals surface area contributed by atoms with E-state index in [9.17, 15) is 9.59 Å². The SMILES string of the molecule is Cn1cnnc1CNC(=O)NC(CC(=O)O)C1CC1. The quantitative estimate of drug-likeness (QED) is 0.665. The molecule has 2 amide bonds. The van der Waals surface area contributed by atoms with Crippen molar-refractivity contribution in [3.63, 3.8) is 0 Å². The predicted octanol–water partition coefficient (Wildman–Crippen LogP) is -0.132. The summed E-state index contributed by atoms with van der Waals surface area (Å²) in [7, 11) is 1.78. The van der Waals surface area contributed by atoms with Gasteiger partial charge >= 0.3 is 12.0 Å². The lowest BCUT2D eigenvalue weighted by molar-refractivity contribution is -0.137. The number of carbonyl (C=O) groups excluding carboxylic acids is 1. The first-order valence-electron chi connectivity index (χ1n) is 6.15. The fourth-order valence-electron chi connectivity index (χ4n) is 1.87. The number of carbonyl (C=O) groups is 2. The summed E-state index contributed by atoms with van der Waals surface area (Å²) in [5.74, 6) is 0.0264. The van der Waals surface area contributed by atoms with Crippen molar-refractivity contribution in [3.05, 3.63) is 12.2 Å². The molecule has 0 spiro atoms. The van der Waals surface area contributed by atoms with Gasteiger partial charge in [0.1, 0.15) is 6.33 Å². The maximum atomic E-state index is 11.7. The Kier molecular flexibility index (Phi) is 3.98. The van der Waals surface area contributed by atoms with Crippen LogP contribution in [0.1, 0.15) is 25.1 Å². The van der Waals surface area contributed by atoms with Crippen molar-refractivity contribution in [1.29, 1.82) is 0 Å². The van der Waals surface area contributed by atoms with Gasteiger partial charge in [-0.05, 0) is 18.8 Å². The van der Waals surface area contributed by atoms with E-state index in [0.717, 1.165) is 12.8 Å². The first-order valence-corrected chi connectivity index (χ1v) is 6.15. The monoisotopic (exact) mass is 267 g/mol. The second-order valence-electron chi connectivity index (χ2n) is 4.73. The lowest BCUT2D eigenvalue weighted by Gasteiger charge is -2.16. The fourth-order valence-corrected chi connectivity index (χ4v) is 1.87. The molecule has 19 heavy (non-hydrogen) atoms. The Hall–Kier alpha value is -2.12. The smallest absolute Gasteiger partial charge is 0.315 e. The number of aryl methyl sites for hydroxylation is 1. The largest absolute Gasteiger partial charge is 0.481 e. The van der Waals surface area contributed by atoms with E-state index in [1.54, 1.807) is 17.9 Å². The standard InChI is InChI=1S/C11H17N5O3/c1-16-6-13-15-9(16)5-12-11(19)14-8(4-10(17)18)7-2-3-7/h6-8H,2-5H2,1H3,(H,17,18)(H2,12,14,19). The van der Waals surface area contributed by atoms with E-state index in [1.165, 1.54) is 0 Å². The summed E-state index contributed by atoms with van der Waals surface area (Å²) < 4.78 is 1.70. The second-order valence-corrected chi connectivity index (χ2v) is 4.73. The van der Waals surface area contributed by atoms with Crippen LogP contribution in [0, 0.1) is 5.92 Å². The molecule has 1 aliphatic carbocycles. The zero-order valence-electron chi connectivity index (χ0n) is 10.7. The molecule has 1 aromatic heterocycles. The van der Waals surface area contributed by atoms with Crippen LogP contribution in [0.4, 0.5) is 4.79 Å². The van der Waals surface area contributed by atoms with Gasteiger partial charge in [0.05, 0.1) is 13.0 Å². The van der Waals surface area contributed by atoms with Crippen molar-refractivity contribution in [1.82, 2.24) is 25.4 Å². The lowest BCUT2D eigenvalue weighted by atomic mass is 10.1. The summed E-state index contributed by atoms with van der Waals surface area (Å²) in [5.41, 5.74) is 0. The molecule has 0 radical (unpaired) electrons. The molecule has 1 aliphatic rings. The Labute approximate surface area is 110 Å². The maximum Gasteiger partial charge on any atom is 0.315 e. The van der Waals surface area contributed by atoms with E-state index in [1.807, 2.05) is 0 Å². The number of rotatable bonds is 6. The van der Waals surface area contributed by atoms with E-state index >= 15 is 0 Å². The lowest BCUT2D eigenvalue weighted by Crippen LogP contribution is -2.44. The molecule has 0 saturated heterocycles. The Morgan fingerprint density at radius 1 is 1.58 bits per heavy atom. The van der Waals surface area contributed by atoms with E-state index in [4.69, 9.17) is 5.11 Å². The average Bonchev–Trinajstić information content (AvgIpc) is 3.10. The van der Waals surface area contributed by atoms with Crippen molar-refractivity contribution < 1.29 is 14.7 Å². The fraction of sp³-hybridized carbons (Fsp3) is 0.636.